The van der Waals surface area contributed by atoms with Crippen molar-refractivity contribution >= 4 is 0 Å². The van der Waals surface area contributed by atoms with Gasteiger partial charge in [0.1, 0.15) is 0 Å². The molecule has 0 saturated carbocycles. The van der Waals surface area contributed by atoms with E-state index < -0.39 is 0 Å². The van der Waals surface area contributed by atoms with Crippen molar-refractivity contribution in [2.45, 2.75) is 32.5 Å². The number of likely N-dealkylation sites (N-methyl/N-ethyl adjacent to an activating group) is 1. The summed E-state index contributed by atoms with van der Waals surface area (Å²) in [6.07, 6.45) is 3.75. The fourth-order valence-corrected chi connectivity index (χ4v) is 2.03. The highest BCUT2D eigenvalue weighted by Gasteiger charge is 2.22. The molecule has 5 nitrogen and oxygen atoms in total. The lowest BCUT2D eigenvalue weighted by Crippen LogP contribution is -2.40. The SMILES string of the molecule is CCn1cncc1C(CN)N(C)C(C)COC. The standard InChI is InChI=1S/C12H24N4O/c1-5-16-9-14-7-12(16)11(6-13)15(3)10(2)8-17-4/h7,9-11H,5-6,8,13H2,1-4H3. The predicted octanol–water partition coefficient (Wildman–Crippen LogP) is 0.870. The maximum absolute atomic E-state index is 5.90. The van der Waals surface area contributed by atoms with Crippen molar-refractivity contribution in [3.05, 3.63) is 18.2 Å². The van der Waals surface area contributed by atoms with Crippen LogP contribution in [0.1, 0.15) is 25.6 Å². The molecule has 2 N–H and O–H groups in total. The van der Waals surface area contributed by atoms with Gasteiger partial charge in [-0.25, -0.2) is 4.98 Å². The van der Waals surface area contributed by atoms with Crippen molar-refractivity contribution in [2.24, 2.45) is 5.73 Å². The van der Waals surface area contributed by atoms with Crippen molar-refractivity contribution in [3.8, 4) is 0 Å². The Morgan fingerprint density at radius 1 is 1.59 bits per heavy atom. The Morgan fingerprint density at radius 3 is 2.82 bits per heavy atom. The molecule has 0 radical (unpaired) electrons. The normalized spacial score (nSPS) is 15.2. The fourth-order valence-electron chi connectivity index (χ4n) is 2.03. The van der Waals surface area contributed by atoms with Crippen LogP contribution in [-0.4, -0.2) is 47.8 Å². The van der Waals surface area contributed by atoms with Gasteiger partial charge in [0.2, 0.25) is 0 Å². The van der Waals surface area contributed by atoms with Gasteiger partial charge in [-0.2, -0.15) is 0 Å². The first-order valence-electron chi connectivity index (χ1n) is 6.06. The molecule has 0 amide bonds. The van der Waals surface area contributed by atoms with E-state index in [4.69, 9.17) is 10.5 Å². The first kappa shape index (κ1) is 14.2. The minimum absolute atomic E-state index is 0.183. The van der Waals surface area contributed by atoms with Gasteiger partial charge < -0.3 is 15.0 Å². The number of nitrogens with zero attached hydrogens (tertiary/aromatic N) is 3. The van der Waals surface area contributed by atoms with Crippen LogP contribution in [0.2, 0.25) is 0 Å². The molecule has 0 saturated heterocycles. The molecular formula is C12H24N4O. The second kappa shape index (κ2) is 6.74. The van der Waals surface area contributed by atoms with Crippen LogP contribution in [0.15, 0.2) is 12.5 Å². The molecular weight excluding hydrogens is 216 g/mol. The second-order valence-electron chi connectivity index (χ2n) is 4.33. The molecule has 0 aromatic carbocycles. The highest BCUT2D eigenvalue weighted by atomic mass is 16.5. The summed E-state index contributed by atoms with van der Waals surface area (Å²) in [7, 11) is 3.80. The summed E-state index contributed by atoms with van der Waals surface area (Å²) in [5, 5.41) is 0. The van der Waals surface area contributed by atoms with E-state index in [1.807, 2.05) is 12.5 Å². The molecule has 0 bridgehead atoms. The average molecular weight is 240 g/mol. The molecule has 1 aromatic heterocycles. The van der Waals surface area contributed by atoms with Crippen molar-refractivity contribution in [2.75, 3.05) is 27.3 Å². The Labute approximate surface area is 104 Å². The maximum atomic E-state index is 5.90. The molecule has 0 spiro atoms. The summed E-state index contributed by atoms with van der Waals surface area (Å²) in [6.45, 7) is 6.44. The van der Waals surface area contributed by atoms with E-state index in [1.165, 1.54) is 5.69 Å². The molecule has 5 heteroatoms. The molecule has 2 unspecified atom stereocenters. The zero-order valence-electron chi connectivity index (χ0n) is 11.3. The molecule has 17 heavy (non-hydrogen) atoms. The maximum Gasteiger partial charge on any atom is 0.0948 e. The van der Waals surface area contributed by atoms with E-state index in [9.17, 15) is 0 Å². The number of hydrogen-bond donors (Lipinski definition) is 1. The number of imidazole rings is 1. The molecule has 1 rings (SSSR count). The molecule has 0 fully saturated rings. The summed E-state index contributed by atoms with van der Waals surface area (Å²) >= 11 is 0. The van der Waals surface area contributed by atoms with Crippen LogP contribution in [0.5, 0.6) is 0 Å². The molecule has 2 atom stereocenters. The Kier molecular flexibility index (Phi) is 5.61. The minimum atomic E-state index is 0.183. The van der Waals surface area contributed by atoms with Gasteiger partial charge in [-0.3, -0.25) is 4.90 Å². The Balaban J connectivity index is 2.83. The number of nitrogens with two attached hydrogens (primary N) is 1. The number of ether oxygens (including phenoxy) is 1. The summed E-state index contributed by atoms with van der Waals surface area (Å²) in [5.74, 6) is 0. The molecule has 0 aliphatic heterocycles. The van der Waals surface area contributed by atoms with E-state index in [2.05, 4.69) is 35.3 Å². The Morgan fingerprint density at radius 2 is 2.29 bits per heavy atom. The lowest BCUT2D eigenvalue weighted by atomic mass is 10.1. The molecule has 0 aliphatic carbocycles. The lowest BCUT2D eigenvalue weighted by Gasteiger charge is -2.32. The Bertz CT molecular complexity index is 326. The zero-order chi connectivity index (χ0) is 12.8. The van der Waals surface area contributed by atoms with Crippen LogP contribution in [-0.2, 0) is 11.3 Å². The van der Waals surface area contributed by atoms with Crippen LogP contribution in [0, 0.1) is 0 Å². The van der Waals surface area contributed by atoms with Crippen molar-refractivity contribution in [1.29, 1.82) is 0 Å². The second-order valence-corrected chi connectivity index (χ2v) is 4.33. The van der Waals surface area contributed by atoms with Gasteiger partial charge in [-0.05, 0) is 20.9 Å². The number of hydrogen-bond acceptors (Lipinski definition) is 4. The third-order valence-corrected chi connectivity index (χ3v) is 3.24. The number of aromatic nitrogens is 2. The van der Waals surface area contributed by atoms with Crippen molar-refractivity contribution in [3.63, 3.8) is 0 Å². The van der Waals surface area contributed by atoms with E-state index in [0.717, 1.165) is 6.54 Å². The summed E-state index contributed by atoms with van der Waals surface area (Å²) in [5.41, 5.74) is 7.07. The van der Waals surface area contributed by atoms with Gasteiger partial charge >= 0.3 is 0 Å². The van der Waals surface area contributed by atoms with Gasteiger partial charge in [-0.15, -0.1) is 0 Å². The number of methoxy groups -OCH3 is 1. The van der Waals surface area contributed by atoms with Gasteiger partial charge in [-0.1, -0.05) is 0 Å². The number of rotatable bonds is 7. The zero-order valence-corrected chi connectivity index (χ0v) is 11.3. The van der Waals surface area contributed by atoms with E-state index >= 15 is 0 Å². The minimum Gasteiger partial charge on any atom is -0.383 e. The van der Waals surface area contributed by atoms with Crippen LogP contribution in [0.4, 0.5) is 0 Å². The quantitative estimate of drug-likeness (QED) is 0.768. The van der Waals surface area contributed by atoms with Crippen LogP contribution >= 0.6 is 0 Å². The topological polar surface area (TPSA) is 56.3 Å². The van der Waals surface area contributed by atoms with Crippen molar-refractivity contribution in [1.82, 2.24) is 14.5 Å². The monoisotopic (exact) mass is 240 g/mol. The van der Waals surface area contributed by atoms with Crippen LogP contribution in [0.25, 0.3) is 0 Å². The number of aryl methyl sites for hydroxylation is 1. The molecule has 1 heterocycles. The van der Waals surface area contributed by atoms with E-state index in [-0.39, 0.29) is 6.04 Å². The van der Waals surface area contributed by atoms with Gasteiger partial charge in [0, 0.05) is 32.4 Å². The van der Waals surface area contributed by atoms with Crippen molar-refractivity contribution < 1.29 is 4.74 Å². The van der Waals surface area contributed by atoms with Crippen LogP contribution < -0.4 is 5.73 Å². The van der Waals surface area contributed by atoms with Gasteiger partial charge in [0.15, 0.2) is 0 Å². The summed E-state index contributed by atoms with van der Waals surface area (Å²) in [6, 6.07) is 0.511. The predicted molar refractivity (Wildman–Crippen MR) is 68.8 cm³/mol. The average Bonchev–Trinajstić information content (AvgIpc) is 2.78. The fraction of sp³-hybridized carbons (Fsp3) is 0.750. The van der Waals surface area contributed by atoms with E-state index in [1.54, 1.807) is 7.11 Å². The largest absolute Gasteiger partial charge is 0.383 e. The smallest absolute Gasteiger partial charge is 0.0948 e. The first-order valence-corrected chi connectivity index (χ1v) is 6.06. The highest BCUT2D eigenvalue weighted by Crippen LogP contribution is 2.20. The van der Waals surface area contributed by atoms with Gasteiger partial charge in [0.25, 0.3) is 0 Å². The summed E-state index contributed by atoms with van der Waals surface area (Å²) in [4.78, 5) is 6.44. The Hall–Kier alpha value is -0.910. The van der Waals surface area contributed by atoms with E-state index in [0.29, 0.717) is 19.2 Å². The molecule has 98 valence electrons. The third kappa shape index (κ3) is 3.28. The first-order chi connectivity index (χ1) is 8.15. The lowest BCUT2D eigenvalue weighted by molar-refractivity contribution is 0.0887. The third-order valence-electron chi connectivity index (χ3n) is 3.24. The summed E-state index contributed by atoms with van der Waals surface area (Å²) < 4.78 is 7.32. The van der Waals surface area contributed by atoms with Crippen LogP contribution in [0.3, 0.4) is 0 Å². The molecule has 0 aliphatic rings. The van der Waals surface area contributed by atoms with Gasteiger partial charge in [0.05, 0.1) is 24.7 Å². The highest BCUT2D eigenvalue weighted by molar-refractivity contribution is 5.06. The molecule has 1 aromatic rings.